The van der Waals surface area contributed by atoms with Gasteiger partial charge in [-0.1, -0.05) is 0 Å². The first-order valence-corrected chi connectivity index (χ1v) is 11.2. The molecule has 3 aliphatic rings. The van der Waals surface area contributed by atoms with Crippen molar-refractivity contribution < 1.29 is 42.7 Å². The minimum atomic E-state index is -0.685. The summed E-state index contributed by atoms with van der Waals surface area (Å²) >= 11 is 0. The third-order valence-corrected chi connectivity index (χ3v) is 6.74. The lowest BCUT2D eigenvalue weighted by molar-refractivity contribution is -0.153. The summed E-state index contributed by atoms with van der Waals surface area (Å²) in [7, 11) is 6.28. The van der Waals surface area contributed by atoms with Gasteiger partial charge in [0.25, 0.3) is 0 Å². The number of hydrogen-bond acceptors (Lipinski definition) is 10. The van der Waals surface area contributed by atoms with Crippen LogP contribution >= 0.6 is 0 Å². The highest BCUT2D eigenvalue weighted by atomic mass is 16.7. The summed E-state index contributed by atoms with van der Waals surface area (Å²) < 4.78 is 39.3. The van der Waals surface area contributed by atoms with Crippen LogP contribution in [0.4, 0.5) is 0 Å². The molecule has 10 heteroatoms. The highest BCUT2D eigenvalue weighted by Crippen LogP contribution is 2.56. The molecule has 2 aromatic carbocycles. The smallest absolute Gasteiger partial charge is 0.320 e. The van der Waals surface area contributed by atoms with Crippen molar-refractivity contribution in [3.05, 3.63) is 41.0 Å². The minimum Gasteiger partial charge on any atom is -0.493 e. The minimum absolute atomic E-state index is 0.0406. The molecule has 1 saturated heterocycles. The van der Waals surface area contributed by atoms with E-state index in [-0.39, 0.29) is 31.8 Å². The van der Waals surface area contributed by atoms with Crippen LogP contribution in [0.5, 0.6) is 28.7 Å². The van der Waals surface area contributed by atoms with Crippen molar-refractivity contribution in [3.63, 3.8) is 0 Å². The number of esters is 2. The number of fused-ring (bicyclic) bond motifs is 3. The first kappa shape index (κ1) is 23.1. The Labute approximate surface area is 202 Å². The second-order valence-corrected chi connectivity index (χ2v) is 8.53. The molecule has 1 aliphatic carbocycles. The zero-order chi connectivity index (χ0) is 24.7. The maximum atomic E-state index is 13.1. The zero-order valence-corrected chi connectivity index (χ0v) is 19.9. The van der Waals surface area contributed by atoms with Gasteiger partial charge in [0, 0.05) is 17.4 Å². The molecule has 186 valence electrons. The van der Waals surface area contributed by atoms with Crippen molar-refractivity contribution in [2.24, 2.45) is 11.8 Å². The van der Waals surface area contributed by atoms with Crippen LogP contribution in [0.25, 0.3) is 0 Å². The summed E-state index contributed by atoms with van der Waals surface area (Å²) in [4.78, 5) is 25.6. The van der Waals surface area contributed by atoms with Crippen molar-refractivity contribution in [1.29, 1.82) is 0 Å². The van der Waals surface area contributed by atoms with E-state index in [0.717, 1.165) is 16.7 Å². The van der Waals surface area contributed by atoms with Gasteiger partial charge in [-0.3, -0.25) is 9.59 Å². The predicted octanol–water partition coefficient (Wildman–Crippen LogP) is 2.18. The van der Waals surface area contributed by atoms with E-state index in [2.05, 4.69) is 5.32 Å². The number of carbonyl (C=O) groups excluding carboxylic acids is 2. The molecule has 0 saturated carbocycles. The Balaban J connectivity index is 1.71. The maximum Gasteiger partial charge on any atom is 0.320 e. The van der Waals surface area contributed by atoms with Crippen molar-refractivity contribution >= 4 is 11.9 Å². The zero-order valence-electron chi connectivity index (χ0n) is 19.9. The fraction of sp³-hybridized carbons (Fsp3) is 0.440. The van der Waals surface area contributed by atoms with E-state index in [1.165, 1.54) is 21.3 Å². The fourth-order valence-electron chi connectivity index (χ4n) is 5.27. The van der Waals surface area contributed by atoms with Crippen LogP contribution in [0.3, 0.4) is 0 Å². The number of likely N-dealkylation sites (N-methyl/N-ethyl adjacent to an activating group) is 1. The number of hydrogen-bond donors (Lipinski definition) is 1. The molecule has 35 heavy (non-hydrogen) atoms. The van der Waals surface area contributed by atoms with E-state index < -0.39 is 23.9 Å². The lowest BCUT2D eigenvalue weighted by Crippen LogP contribution is -2.37. The molecular formula is C25H27NO9. The lowest BCUT2D eigenvalue weighted by atomic mass is 9.66. The number of benzene rings is 2. The highest BCUT2D eigenvalue weighted by Gasteiger charge is 2.54. The molecule has 0 bridgehead atoms. The van der Waals surface area contributed by atoms with E-state index in [9.17, 15) is 9.59 Å². The molecule has 5 rings (SSSR count). The van der Waals surface area contributed by atoms with Crippen LogP contribution < -0.4 is 29.0 Å². The summed E-state index contributed by atoms with van der Waals surface area (Å²) in [6.07, 6.45) is -0.685. The van der Waals surface area contributed by atoms with E-state index in [1.807, 2.05) is 24.3 Å². The number of methoxy groups -OCH3 is 3. The Morgan fingerprint density at radius 2 is 1.63 bits per heavy atom. The van der Waals surface area contributed by atoms with Gasteiger partial charge in [0.1, 0.15) is 6.10 Å². The Morgan fingerprint density at radius 1 is 0.971 bits per heavy atom. The third kappa shape index (κ3) is 3.78. The van der Waals surface area contributed by atoms with Crippen LogP contribution in [0.2, 0.25) is 0 Å². The largest absolute Gasteiger partial charge is 0.493 e. The average Bonchev–Trinajstić information content (AvgIpc) is 3.48. The average molecular weight is 485 g/mol. The van der Waals surface area contributed by atoms with Crippen molar-refractivity contribution in [2.45, 2.75) is 12.0 Å². The normalized spacial score (nSPS) is 23.7. The molecule has 1 fully saturated rings. The van der Waals surface area contributed by atoms with Crippen molar-refractivity contribution in [2.75, 3.05) is 48.3 Å². The molecule has 2 aliphatic heterocycles. The molecule has 0 amide bonds. The second kappa shape index (κ2) is 9.18. The topological polar surface area (TPSA) is 111 Å². The maximum absolute atomic E-state index is 13.1. The standard InChI is InChI=1S/C25H27NO9/c1-26-9-20(27)35-23-14-8-17-16(33-11-34-17)7-13(14)21(22-15(23)10-32-25(22)28)12-5-18(29-2)24(31-4)19(6-12)30-3/h5-8,15,21-23,26H,9-11H2,1-4H3/t15-,21+,22-,23-/m0/s1. The lowest BCUT2D eigenvalue weighted by Gasteiger charge is -2.38. The number of cyclic esters (lactones) is 1. The Bertz CT molecular complexity index is 1140. The molecule has 2 aromatic rings. The number of nitrogens with one attached hydrogen (secondary N) is 1. The van der Waals surface area contributed by atoms with Gasteiger partial charge >= 0.3 is 11.9 Å². The summed E-state index contributed by atoms with van der Waals surface area (Å²) in [6.45, 7) is 0.265. The van der Waals surface area contributed by atoms with Gasteiger partial charge in [0.2, 0.25) is 12.5 Å². The number of ether oxygens (including phenoxy) is 7. The fourth-order valence-corrected chi connectivity index (χ4v) is 5.27. The van der Waals surface area contributed by atoms with Gasteiger partial charge in [0.05, 0.1) is 40.4 Å². The monoisotopic (exact) mass is 485 g/mol. The molecule has 1 N–H and O–H groups in total. The van der Waals surface area contributed by atoms with E-state index >= 15 is 0 Å². The van der Waals surface area contributed by atoms with Gasteiger partial charge in [0.15, 0.2) is 23.0 Å². The van der Waals surface area contributed by atoms with Crippen LogP contribution in [-0.2, 0) is 19.1 Å². The Morgan fingerprint density at radius 3 is 2.23 bits per heavy atom. The molecule has 0 radical (unpaired) electrons. The summed E-state index contributed by atoms with van der Waals surface area (Å²) in [5.74, 6) is 0.300. The number of carbonyl (C=O) groups is 2. The summed E-state index contributed by atoms with van der Waals surface area (Å²) in [6, 6.07) is 7.35. The van der Waals surface area contributed by atoms with E-state index in [1.54, 1.807) is 7.05 Å². The molecule has 4 atom stereocenters. The second-order valence-electron chi connectivity index (χ2n) is 8.53. The van der Waals surface area contributed by atoms with Crippen LogP contribution in [-0.4, -0.2) is 60.3 Å². The molecule has 0 spiro atoms. The van der Waals surface area contributed by atoms with Crippen LogP contribution in [0.1, 0.15) is 28.7 Å². The summed E-state index contributed by atoms with van der Waals surface area (Å²) in [5, 5.41) is 2.80. The molecule has 2 heterocycles. The molecule has 0 unspecified atom stereocenters. The quantitative estimate of drug-likeness (QED) is 0.586. The van der Waals surface area contributed by atoms with Gasteiger partial charge in [-0.2, -0.15) is 0 Å². The van der Waals surface area contributed by atoms with Gasteiger partial charge < -0.3 is 38.5 Å². The van der Waals surface area contributed by atoms with Gasteiger partial charge in [-0.05, 0) is 42.4 Å². The molecular weight excluding hydrogens is 458 g/mol. The Kier molecular flexibility index (Phi) is 6.06. The van der Waals surface area contributed by atoms with Crippen molar-refractivity contribution in [1.82, 2.24) is 5.32 Å². The third-order valence-electron chi connectivity index (χ3n) is 6.74. The predicted molar refractivity (Wildman–Crippen MR) is 121 cm³/mol. The first-order chi connectivity index (χ1) is 17.0. The van der Waals surface area contributed by atoms with Crippen molar-refractivity contribution in [3.8, 4) is 28.7 Å². The summed E-state index contributed by atoms with van der Waals surface area (Å²) in [5.41, 5.74) is 2.30. The highest BCUT2D eigenvalue weighted by molar-refractivity contribution is 5.79. The first-order valence-electron chi connectivity index (χ1n) is 11.2. The van der Waals surface area contributed by atoms with Crippen LogP contribution in [0, 0.1) is 11.8 Å². The van der Waals surface area contributed by atoms with Crippen LogP contribution in [0.15, 0.2) is 24.3 Å². The van der Waals surface area contributed by atoms with E-state index in [0.29, 0.717) is 28.7 Å². The number of rotatable bonds is 7. The van der Waals surface area contributed by atoms with Gasteiger partial charge in [-0.15, -0.1) is 0 Å². The molecule has 0 aromatic heterocycles. The SMILES string of the molecule is CNCC(=O)O[C@H]1c2cc3c(cc2[C@@H](c2cc(OC)c(OC)c(OC)c2)[C@H]2C(=O)OC[C@@H]21)OCO3. The Hall–Kier alpha value is -3.66. The molecule has 10 nitrogen and oxygen atoms in total. The van der Waals surface area contributed by atoms with Gasteiger partial charge in [-0.25, -0.2) is 0 Å². The van der Waals surface area contributed by atoms with E-state index in [4.69, 9.17) is 33.2 Å².